The van der Waals surface area contributed by atoms with E-state index in [0.29, 0.717) is 12.2 Å². The minimum Gasteiger partial charge on any atom is -0.489 e. The van der Waals surface area contributed by atoms with Gasteiger partial charge in [-0.15, -0.1) is 11.3 Å². The number of aryl methyl sites for hydroxylation is 1. The van der Waals surface area contributed by atoms with Crippen molar-refractivity contribution >= 4 is 28.7 Å². The Hall–Kier alpha value is -3.19. The lowest BCUT2D eigenvalue weighted by molar-refractivity contribution is 0.0600. The number of rotatable bonds is 7. The molecular formula is C20H19N3O3S. The molecule has 1 N–H and O–H groups in total. The van der Waals surface area contributed by atoms with Crippen LogP contribution in [0.15, 0.2) is 59.0 Å². The molecule has 0 fully saturated rings. The second kappa shape index (κ2) is 8.95. The van der Waals surface area contributed by atoms with Gasteiger partial charge in [0.25, 0.3) is 0 Å². The fourth-order valence-electron chi connectivity index (χ4n) is 2.24. The van der Waals surface area contributed by atoms with Gasteiger partial charge in [-0.25, -0.2) is 9.78 Å². The first-order valence-electron chi connectivity index (χ1n) is 8.25. The monoisotopic (exact) mass is 381 g/mol. The molecular weight excluding hydrogens is 362 g/mol. The van der Waals surface area contributed by atoms with E-state index in [2.05, 4.69) is 20.2 Å². The first-order chi connectivity index (χ1) is 13.1. The van der Waals surface area contributed by atoms with Crippen LogP contribution < -0.4 is 10.2 Å². The van der Waals surface area contributed by atoms with Crippen molar-refractivity contribution in [1.82, 2.24) is 4.98 Å². The maximum atomic E-state index is 11.4. The molecule has 2 aromatic carbocycles. The number of carbonyl (C=O) groups excluding carboxylic acids is 1. The third kappa shape index (κ3) is 5.39. The Morgan fingerprint density at radius 1 is 1.19 bits per heavy atom. The van der Waals surface area contributed by atoms with Gasteiger partial charge in [0.2, 0.25) is 5.13 Å². The first-order valence-corrected chi connectivity index (χ1v) is 9.13. The number of benzene rings is 2. The predicted octanol–water partition coefficient (Wildman–Crippen LogP) is 4.26. The molecule has 0 unspecified atom stereocenters. The number of carbonyl (C=O) groups is 1. The van der Waals surface area contributed by atoms with E-state index in [4.69, 9.17) is 4.74 Å². The molecule has 0 aliphatic carbocycles. The van der Waals surface area contributed by atoms with Gasteiger partial charge in [-0.1, -0.05) is 12.1 Å². The summed E-state index contributed by atoms with van der Waals surface area (Å²) < 4.78 is 10.4. The van der Waals surface area contributed by atoms with Crippen molar-refractivity contribution in [2.75, 3.05) is 12.5 Å². The molecule has 138 valence electrons. The van der Waals surface area contributed by atoms with E-state index in [9.17, 15) is 4.79 Å². The van der Waals surface area contributed by atoms with E-state index in [1.165, 1.54) is 18.4 Å². The van der Waals surface area contributed by atoms with Crippen molar-refractivity contribution < 1.29 is 14.3 Å². The van der Waals surface area contributed by atoms with E-state index >= 15 is 0 Å². The lowest BCUT2D eigenvalue weighted by Gasteiger charge is -2.07. The van der Waals surface area contributed by atoms with Crippen LogP contribution in [-0.4, -0.2) is 24.3 Å². The maximum absolute atomic E-state index is 11.4. The number of hydrogen-bond donors (Lipinski definition) is 1. The highest BCUT2D eigenvalue weighted by atomic mass is 32.1. The van der Waals surface area contributed by atoms with Gasteiger partial charge in [0, 0.05) is 5.38 Å². The van der Waals surface area contributed by atoms with Crippen molar-refractivity contribution in [2.45, 2.75) is 13.5 Å². The van der Waals surface area contributed by atoms with Gasteiger partial charge >= 0.3 is 5.97 Å². The van der Waals surface area contributed by atoms with Crippen LogP contribution in [0.3, 0.4) is 0 Å². The zero-order valence-electron chi connectivity index (χ0n) is 15.0. The predicted molar refractivity (Wildman–Crippen MR) is 107 cm³/mol. The van der Waals surface area contributed by atoms with Crippen molar-refractivity contribution in [1.29, 1.82) is 0 Å². The summed E-state index contributed by atoms with van der Waals surface area (Å²) in [7, 11) is 1.36. The largest absolute Gasteiger partial charge is 0.489 e. The third-order valence-corrected chi connectivity index (χ3v) is 4.52. The van der Waals surface area contributed by atoms with E-state index < -0.39 is 0 Å². The van der Waals surface area contributed by atoms with Crippen LogP contribution in [0.4, 0.5) is 5.13 Å². The fraction of sp³-hybridized carbons (Fsp3) is 0.150. The number of hydrazone groups is 1. The quantitative estimate of drug-likeness (QED) is 0.376. The SMILES string of the molecule is COC(=O)c1ccc(COc2ccc(C=NNc3nc(C)cs3)cc2)cc1. The summed E-state index contributed by atoms with van der Waals surface area (Å²) >= 11 is 1.51. The summed E-state index contributed by atoms with van der Waals surface area (Å²) in [5.41, 5.74) is 6.31. The standard InChI is InChI=1S/C20H19N3O3S/c1-14-13-27-20(22-14)23-21-11-15-5-9-18(10-6-15)26-12-16-3-7-17(8-4-16)19(24)25-2/h3-11,13H,12H2,1-2H3,(H,22,23). The van der Waals surface area contributed by atoms with Crippen LogP contribution in [-0.2, 0) is 11.3 Å². The lowest BCUT2D eigenvalue weighted by atomic mass is 10.1. The average Bonchev–Trinajstić information content (AvgIpc) is 3.12. The molecule has 0 spiro atoms. The van der Waals surface area contributed by atoms with Crippen LogP contribution >= 0.6 is 11.3 Å². The molecule has 6 nitrogen and oxygen atoms in total. The highest BCUT2D eigenvalue weighted by Crippen LogP contribution is 2.16. The molecule has 1 heterocycles. The molecule has 27 heavy (non-hydrogen) atoms. The lowest BCUT2D eigenvalue weighted by Crippen LogP contribution is -2.02. The maximum Gasteiger partial charge on any atom is 0.337 e. The number of anilines is 1. The fourth-order valence-corrected chi connectivity index (χ4v) is 2.88. The molecule has 0 saturated carbocycles. The molecule has 0 bridgehead atoms. The molecule has 1 aromatic heterocycles. The van der Waals surface area contributed by atoms with Crippen molar-refractivity contribution in [3.63, 3.8) is 0 Å². The van der Waals surface area contributed by atoms with Gasteiger partial charge in [-0.05, 0) is 54.4 Å². The molecule has 3 aromatic rings. The summed E-state index contributed by atoms with van der Waals surface area (Å²) in [5, 5.41) is 6.90. The van der Waals surface area contributed by atoms with Crippen LogP contribution in [0.25, 0.3) is 0 Å². The molecule has 3 rings (SSSR count). The number of methoxy groups -OCH3 is 1. The average molecular weight is 381 g/mol. The van der Waals surface area contributed by atoms with Gasteiger partial charge in [-0.3, -0.25) is 5.43 Å². The molecule has 0 atom stereocenters. The van der Waals surface area contributed by atoms with Gasteiger partial charge in [0.05, 0.1) is 24.6 Å². The highest BCUT2D eigenvalue weighted by Gasteiger charge is 2.04. The van der Waals surface area contributed by atoms with E-state index in [0.717, 1.165) is 27.7 Å². The summed E-state index contributed by atoms with van der Waals surface area (Å²) in [5.74, 6) is 0.409. The Balaban J connectivity index is 1.50. The first kappa shape index (κ1) is 18.6. The second-order valence-corrected chi connectivity index (χ2v) is 6.57. The summed E-state index contributed by atoms with van der Waals surface area (Å²) in [6, 6.07) is 14.8. The molecule has 0 saturated heterocycles. The number of nitrogens with zero attached hydrogens (tertiary/aromatic N) is 2. The number of aromatic nitrogens is 1. The van der Waals surface area contributed by atoms with Gasteiger partial charge in [0.15, 0.2) is 0 Å². The van der Waals surface area contributed by atoms with Crippen LogP contribution in [0, 0.1) is 6.92 Å². The summed E-state index contributed by atoms with van der Waals surface area (Å²) in [6.45, 7) is 2.36. The van der Waals surface area contributed by atoms with Crippen LogP contribution in [0.5, 0.6) is 5.75 Å². The second-order valence-electron chi connectivity index (χ2n) is 5.71. The zero-order valence-corrected chi connectivity index (χ0v) is 15.8. The molecule has 0 aliphatic rings. The molecule has 0 radical (unpaired) electrons. The number of nitrogens with one attached hydrogen (secondary N) is 1. The number of ether oxygens (including phenoxy) is 2. The number of esters is 1. The van der Waals surface area contributed by atoms with Crippen LogP contribution in [0.2, 0.25) is 0 Å². The van der Waals surface area contributed by atoms with E-state index in [1.807, 2.05) is 48.7 Å². The van der Waals surface area contributed by atoms with Gasteiger partial charge in [-0.2, -0.15) is 5.10 Å². The Kier molecular flexibility index (Phi) is 6.17. The Labute approximate surface area is 161 Å². The smallest absolute Gasteiger partial charge is 0.337 e. The summed E-state index contributed by atoms with van der Waals surface area (Å²) in [6.07, 6.45) is 1.73. The van der Waals surface area contributed by atoms with Crippen molar-refractivity contribution in [3.8, 4) is 5.75 Å². The van der Waals surface area contributed by atoms with E-state index in [-0.39, 0.29) is 5.97 Å². The third-order valence-electron chi connectivity index (χ3n) is 3.65. The zero-order chi connectivity index (χ0) is 19.1. The molecule has 0 aliphatic heterocycles. The number of thiazole rings is 1. The van der Waals surface area contributed by atoms with Gasteiger partial charge < -0.3 is 9.47 Å². The van der Waals surface area contributed by atoms with E-state index in [1.54, 1.807) is 18.3 Å². The minimum atomic E-state index is -0.348. The van der Waals surface area contributed by atoms with Crippen molar-refractivity contribution in [3.05, 3.63) is 76.3 Å². The Morgan fingerprint density at radius 2 is 1.93 bits per heavy atom. The topological polar surface area (TPSA) is 72.8 Å². The van der Waals surface area contributed by atoms with Gasteiger partial charge in [0.1, 0.15) is 12.4 Å². The number of hydrogen-bond acceptors (Lipinski definition) is 7. The Bertz CT molecular complexity index is 918. The molecule has 0 amide bonds. The normalized spacial score (nSPS) is 10.7. The van der Waals surface area contributed by atoms with Crippen LogP contribution in [0.1, 0.15) is 27.2 Å². The molecule has 7 heteroatoms. The van der Waals surface area contributed by atoms with Crippen molar-refractivity contribution in [2.24, 2.45) is 5.10 Å². The highest BCUT2D eigenvalue weighted by molar-refractivity contribution is 7.13. The summed E-state index contributed by atoms with van der Waals surface area (Å²) in [4.78, 5) is 15.7. The minimum absolute atomic E-state index is 0.348. The Morgan fingerprint density at radius 3 is 2.56 bits per heavy atom.